The van der Waals surface area contributed by atoms with Crippen molar-refractivity contribution in [1.29, 1.82) is 0 Å². The second kappa shape index (κ2) is 4.29. The SMILES string of the molecule is CC(CC1CC1)Nc1nc2c(Br)cccn2n1. The zero-order chi connectivity index (χ0) is 11.8. The van der Waals surface area contributed by atoms with E-state index in [-0.39, 0.29) is 0 Å². The van der Waals surface area contributed by atoms with Crippen molar-refractivity contribution in [3.8, 4) is 0 Å². The van der Waals surface area contributed by atoms with Crippen LogP contribution in [0.25, 0.3) is 5.65 Å². The third-order valence-corrected chi connectivity index (χ3v) is 3.69. The van der Waals surface area contributed by atoms with Crippen LogP contribution >= 0.6 is 15.9 Å². The van der Waals surface area contributed by atoms with Crippen LogP contribution in [0.3, 0.4) is 0 Å². The van der Waals surface area contributed by atoms with Gasteiger partial charge in [0.1, 0.15) is 0 Å². The molecule has 4 nitrogen and oxygen atoms in total. The van der Waals surface area contributed by atoms with Crippen LogP contribution < -0.4 is 5.32 Å². The van der Waals surface area contributed by atoms with Gasteiger partial charge in [-0.1, -0.05) is 12.8 Å². The highest BCUT2D eigenvalue weighted by Gasteiger charge is 2.23. The van der Waals surface area contributed by atoms with Crippen molar-refractivity contribution in [1.82, 2.24) is 14.6 Å². The first-order chi connectivity index (χ1) is 8.22. The van der Waals surface area contributed by atoms with Gasteiger partial charge in [0.2, 0.25) is 5.95 Å². The van der Waals surface area contributed by atoms with Crippen molar-refractivity contribution in [2.24, 2.45) is 5.92 Å². The molecular formula is C12H15BrN4. The van der Waals surface area contributed by atoms with Gasteiger partial charge in [0.15, 0.2) is 5.65 Å². The van der Waals surface area contributed by atoms with E-state index in [2.05, 4.69) is 38.3 Å². The Balaban J connectivity index is 1.78. The van der Waals surface area contributed by atoms with Gasteiger partial charge in [-0.05, 0) is 47.3 Å². The summed E-state index contributed by atoms with van der Waals surface area (Å²) >= 11 is 3.48. The fourth-order valence-electron chi connectivity index (χ4n) is 2.07. The maximum Gasteiger partial charge on any atom is 0.243 e. The Bertz CT molecular complexity index is 532. The lowest BCUT2D eigenvalue weighted by atomic mass is 10.2. The lowest BCUT2D eigenvalue weighted by molar-refractivity contribution is 0.637. The van der Waals surface area contributed by atoms with E-state index >= 15 is 0 Å². The molecule has 2 aromatic rings. The predicted molar refractivity (Wildman–Crippen MR) is 71.1 cm³/mol. The summed E-state index contributed by atoms with van der Waals surface area (Å²) in [7, 11) is 0. The fraction of sp³-hybridized carbons (Fsp3) is 0.500. The summed E-state index contributed by atoms with van der Waals surface area (Å²) in [6, 6.07) is 4.36. The van der Waals surface area contributed by atoms with E-state index in [0.29, 0.717) is 12.0 Å². The Hall–Kier alpha value is -1.10. The summed E-state index contributed by atoms with van der Waals surface area (Å²) in [6.07, 6.45) is 5.90. The molecule has 5 heteroatoms. The number of hydrogen-bond acceptors (Lipinski definition) is 3. The second-order valence-corrected chi connectivity index (χ2v) is 5.64. The normalized spacial score (nSPS) is 17.3. The number of halogens is 1. The molecule has 0 amide bonds. The van der Waals surface area contributed by atoms with Crippen molar-refractivity contribution in [3.63, 3.8) is 0 Å². The number of pyridine rings is 1. The molecule has 1 aliphatic rings. The van der Waals surface area contributed by atoms with E-state index in [1.165, 1.54) is 19.3 Å². The summed E-state index contributed by atoms with van der Waals surface area (Å²) in [5.41, 5.74) is 0.855. The molecule has 90 valence electrons. The van der Waals surface area contributed by atoms with Crippen LogP contribution in [-0.4, -0.2) is 20.6 Å². The summed E-state index contributed by atoms with van der Waals surface area (Å²) in [6.45, 7) is 2.19. The van der Waals surface area contributed by atoms with Gasteiger partial charge in [0.25, 0.3) is 0 Å². The number of nitrogens with zero attached hydrogens (tertiary/aromatic N) is 3. The Morgan fingerprint density at radius 1 is 1.59 bits per heavy atom. The zero-order valence-electron chi connectivity index (χ0n) is 9.73. The monoisotopic (exact) mass is 294 g/mol. The van der Waals surface area contributed by atoms with Gasteiger partial charge in [0, 0.05) is 12.2 Å². The van der Waals surface area contributed by atoms with E-state index in [0.717, 1.165) is 16.0 Å². The third kappa shape index (κ3) is 2.44. The fourth-order valence-corrected chi connectivity index (χ4v) is 2.49. The first kappa shape index (κ1) is 11.0. The van der Waals surface area contributed by atoms with Gasteiger partial charge in [-0.2, -0.15) is 4.98 Å². The maximum absolute atomic E-state index is 4.47. The average molecular weight is 295 g/mol. The molecule has 2 heterocycles. The highest BCUT2D eigenvalue weighted by atomic mass is 79.9. The van der Waals surface area contributed by atoms with Crippen molar-refractivity contribution >= 4 is 27.5 Å². The molecule has 1 aliphatic carbocycles. The quantitative estimate of drug-likeness (QED) is 0.942. The molecule has 1 unspecified atom stereocenters. The Morgan fingerprint density at radius 3 is 3.12 bits per heavy atom. The van der Waals surface area contributed by atoms with Crippen molar-refractivity contribution in [3.05, 3.63) is 22.8 Å². The van der Waals surface area contributed by atoms with Gasteiger partial charge in [-0.3, -0.25) is 0 Å². The smallest absolute Gasteiger partial charge is 0.243 e. The maximum atomic E-state index is 4.47. The first-order valence-electron chi connectivity index (χ1n) is 6.00. The second-order valence-electron chi connectivity index (χ2n) is 4.78. The van der Waals surface area contributed by atoms with Crippen LogP contribution in [0.15, 0.2) is 22.8 Å². The van der Waals surface area contributed by atoms with Crippen LogP contribution in [0.4, 0.5) is 5.95 Å². The number of rotatable bonds is 4. The molecule has 0 bridgehead atoms. The molecule has 0 radical (unpaired) electrons. The highest BCUT2D eigenvalue weighted by Crippen LogP contribution is 2.33. The third-order valence-electron chi connectivity index (χ3n) is 3.07. The van der Waals surface area contributed by atoms with Crippen LogP contribution in [0.5, 0.6) is 0 Å². The van der Waals surface area contributed by atoms with Gasteiger partial charge in [0.05, 0.1) is 4.47 Å². The molecule has 1 fully saturated rings. The van der Waals surface area contributed by atoms with Gasteiger partial charge < -0.3 is 5.32 Å². The van der Waals surface area contributed by atoms with Gasteiger partial charge >= 0.3 is 0 Å². The highest BCUT2D eigenvalue weighted by molar-refractivity contribution is 9.10. The lowest BCUT2D eigenvalue weighted by Gasteiger charge is -2.10. The number of hydrogen-bond donors (Lipinski definition) is 1. The first-order valence-corrected chi connectivity index (χ1v) is 6.79. The molecule has 0 aromatic carbocycles. The molecule has 17 heavy (non-hydrogen) atoms. The number of aromatic nitrogens is 3. The standard InChI is InChI=1S/C12H15BrN4/c1-8(7-9-4-5-9)14-12-15-11-10(13)3-2-6-17(11)16-12/h2-3,6,8-9H,4-5,7H2,1H3,(H,14,16). The molecule has 0 saturated heterocycles. The largest absolute Gasteiger partial charge is 0.350 e. The van der Waals surface area contributed by atoms with Crippen LogP contribution in [0.1, 0.15) is 26.2 Å². The average Bonchev–Trinajstić information content (AvgIpc) is 2.97. The van der Waals surface area contributed by atoms with Crippen LogP contribution in [0.2, 0.25) is 0 Å². The molecule has 1 N–H and O–H groups in total. The van der Waals surface area contributed by atoms with Crippen LogP contribution in [0, 0.1) is 5.92 Å². The lowest BCUT2D eigenvalue weighted by Crippen LogP contribution is -2.16. The minimum Gasteiger partial charge on any atom is -0.350 e. The zero-order valence-corrected chi connectivity index (χ0v) is 11.3. The van der Waals surface area contributed by atoms with E-state index < -0.39 is 0 Å². The number of nitrogens with one attached hydrogen (secondary N) is 1. The van der Waals surface area contributed by atoms with Gasteiger partial charge in [-0.25, -0.2) is 4.52 Å². The molecule has 0 spiro atoms. The van der Waals surface area contributed by atoms with Gasteiger partial charge in [-0.15, -0.1) is 5.10 Å². The van der Waals surface area contributed by atoms with E-state index in [9.17, 15) is 0 Å². The summed E-state index contributed by atoms with van der Waals surface area (Å²) in [5, 5.41) is 7.77. The summed E-state index contributed by atoms with van der Waals surface area (Å²) in [4.78, 5) is 4.47. The number of anilines is 1. The topological polar surface area (TPSA) is 42.2 Å². The van der Waals surface area contributed by atoms with E-state index in [1.807, 2.05) is 18.3 Å². The number of fused-ring (bicyclic) bond motifs is 1. The minimum absolute atomic E-state index is 0.443. The summed E-state index contributed by atoms with van der Waals surface area (Å²) < 4.78 is 2.76. The molecule has 1 atom stereocenters. The Labute approximate surface area is 109 Å². The molecule has 2 aromatic heterocycles. The van der Waals surface area contributed by atoms with Crippen molar-refractivity contribution < 1.29 is 0 Å². The van der Waals surface area contributed by atoms with E-state index in [1.54, 1.807) is 4.52 Å². The predicted octanol–water partition coefficient (Wildman–Crippen LogP) is 3.09. The Morgan fingerprint density at radius 2 is 2.41 bits per heavy atom. The Kier molecular flexibility index (Phi) is 2.78. The van der Waals surface area contributed by atoms with Crippen LogP contribution in [-0.2, 0) is 0 Å². The van der Waals surface area contributed by atoms with Crippen molar-refractivity contribution in [2.75, 3.05) is 5.32 Å². The minimum atomic E-state index is 0.443. The van der Waals surface area contributed by atoms with Crippen molar-refractivity contribution in [2.45, 2.75) is 32.2 Å². The molecule has 0 aliphatic heterocycles. The van der Waals surface area contributed by atoms with E-state index in [4.69, 9.17) is 0 Å². The molecule has 3 rings (SSSR count). The molecule has 1 saturated carbocycles. The summed E-state index contributed by atoms with van der Waals surface area (Å²) in [5.74, 6) is 1.63. The molecular weight excluding hydrogens is 280 g/mol.